The van der Waals surface area contributed by atoms with Crippen molar-refractivity contribution in [1.29, 1.82) is 0 Å². The third-order valence-electron chi connectivity index (χ3n) is 2.95. The Bertz CT molecular complexity index is 716. The highest BCUT2D eigenvalue weighted by Crippen LogP contribution is 2.23. The van der Waals surface area contributed by atoms with Crippen molar-refractivity contribution < 1.29 is 4.74 Å². The Kier molecular flexibility index (Phi) is 4.53. The molecular formula is C17H14ClNOS. The van der Waals surface area contributed by atoms with Gasteiger partial charge in [-0.1, -0.05) is 30.3 Å². The molecule has 0 bridgehead atoms. The molecule has 106 valence electrons. The third-order valence-corrected chi connectivity index (χ3v) is 4.11. The summed E-state index contributed by atoms with van der Waals surface area (Å²) in [4.78, 5) is 4.58. The molecule has 2 aromatic carbocycles. The highest BCUT2D eigenvalue weighted by atomic mass is 35.5. The summed E-state index contributed by atoms with van der Waals surface area (Å²) in [5.74, 6) is 1.34. The maximum Gasteiger partial charge on any atom is 0.119 e. The number of halogens is 1. The van der Waals surface area contributed by atoms with Gasteiger partial charge in [-0.15, -0.1) is 22.9 Å². The standard InChI is InChI=1S/C17H14ClNOS/c18-11-12-20-14-8-5-13(6-9-14)7-10-17-19-15-3-1-2-4-16(15)21-17/h1-10H,11-12H2/b10-7+. The van der Waals surface area contributed by atoms with Gasteiger partial charge in [0.25, 0.3) is 0 Å². The van der Waals surface area contributed by atoms with E-state index in [-0.39, 0.29) is 0 Å². The Balaban J connectivity index is 1.73. The fraction of sp³-hybridized carbons (Fsp3) is 0.118. The number of nitrogens with zero attached hydrogens (tertiary/aromatic N) is 1. The van der Waals surface area contributed by atoms with Crippen molar-refractivity contribution in [2.24, 2.45) is 0 Å². The molecule has 0 spiro atoms. The molecule has 0 saturated carbocycles. The summed E-state index contributed by atoms with van der Waals surface area (Å²) in [6.07, 6.45) is 4.10. The van der Waals surface area contributed by atoms with Crippen molar-refractivity contribution in [2.75, 3.05) is 12.5 Å². The predicted octanol–water partition coefficient (Wildman–Crippen LogP) is 5.08. The van der Waals surface area contributed by atoms with Crippen molar-refractivity contribution in [1.82, 2.24) is 4.98 Å². The number of para-hydroxylation sites is 1. The average Bonchev–Trinajstić information content (AvgIpc) is 2.95. The van der Waals surface area contributed by atoms with Gasteiger partial charge in [-0.3, -0.25) is 0 Å². The molecule has 0 unspecified atom stereocenters. The molecule has 0 saturated heterocycles. The van der Waals surface area contributed by atoms with Crippen LogP contribution in [0.25, 0.3) is 22.4 Å². The molecular weight excluding hydrogens is 302 g/mol. The number of thiazole rings is 1. The van der Waals surface area contributed by atoms with Gasteiger partial charge in [0, 0.05) is 0 Å². The summed E-state index contributed by atoms with van der Waals surface area (Å²) in [6, 6.07) is 16.1. The van der Waals surface area contributed by atoms with E-state index < -0.39 is 0 Å². The molecule has 2 nitrogen and oxygen atoms in total. The average molecular weight is 316 g/mol. The fourth-order valence-electron chi connectivity index (χ4n) is 1.96. The molecule has 3 aromatic rings. The summed E-state index contributed by atoms with van der Waals surface area (Å²) in [6.45, 7) is 0.530. The largest absolute Gasteiger partial charge is 0.492 e. The summed E-state index contributed by atoms with van der Waals surface area (Å²) < 4.78 is 6.66. The zero-order valence-corrected chi connectivity index (χ0v) is 12.9. The first-order valence-corrected chi connectivity index (χ1v) is 8.03. The van der Waals surface area contributed by atoms with Gasteiger partial charge in [0.1, 0.15) is 17.4 Å². The molecule has 1 heterocycles. The lowest BCUT2D eigenvalue weighted by atomic mass is 10.2. The Morgan fingerprint density at radius 3 is 2.62 bits per heavy atom. The second-order valence-corrected chi connectivity index (χ2v) is 5.90. The molecule has 0 fully saturated rings. The summed E-state index contributed by atoms with van der Waals surface area (Å²) in [5.41, 5.74) is 2.17. The molecule has 0 aliphatic carbocycles. The van der Waals surface area contributed by atoms with Gasteiger partial charge in [0.15, 0.2) is 0 Å². The van der Waals surface area contributed by atoms with Crippen LogP contribution in [-0.4, -0.2) is 17.5 Å². The van der Waals surface area contributed by atoms with Crippen molar-refractivity contribution in [3.63, 3.8) is 0 Å². The van der Waals surface area contributed by atoms with Gasteiger partial charge in [-0.2, -0.15) is 0 Å². The predicted molar refractivity (Wildman–Crippen MR) is 91.2 cm³/mol. The van der Waals surface area contributed by atoms with Crippen molar-refractivity contribution >= 4 is 45.3 Å². The van der Waals surface area contributed by atoms with E-state index in [1.807, 2.05) is 48.5 Å². The molecule has 1 aromatic heterocycles. The van der Waals surface area contributed by atoms with E-state index in [2.05, 4.69) is 17.1 Å². The van der Waals surface area contributed by atoms with Crippen LogP contribution in [0.5, 0.6) is 5.75 Å². The maximum atomic E-state index is 5.59. The van der Waals surface area contributed by atoms with Gasteiger partial charge in [0.2, 0.25) is 0 Å². The molecule has 0 aliphatic rings. The lowest BCUT2D eigenvalue weighted by Gasteiger charge is -2.03. The van der Waals surface area contributed by atoms with E-state index >= 15 is 0 Å². The van der Waals surface area contributed by atoms with Crippen LogP contribution < -0.4 is 4.74 Å². The fourth-order valence-corrected chi connectivity index (χ4v) is 2.91. The summed E-state index contributed by atoms with van der Waals surface area (Å²) in [5, 5.41) is 1.01. The van der Waals surface area contributed by atoms with E-state index in [1.54, 1.807) is 11.3 Å². The number of rotatable bonds is 5. The van der Waals surface area contributed by atoms with Gasteiger partial charge in [0.05, 0.1) is 16.1 Å². The zero-order valence-electron chi connectivity index (χ0n) is 11.3. The van der Waals surface area contributed by atoms with E-state index in [4.69, 9.17) is 16.3 Å². The summed E-state index contributed by atoms with van der Waals surface area (Å²) >= 11 is 7.29. The molecule has 0 atom stereocenters. The molecule has 0 aliphatic heterocycles. The highest BCUT2D eigenvalue weighted by molar-refractivity contribution is 7.19. The van der Waals surface area contributed by atoms with Crippen LogP contribution in [0.1, 0.15) is 10.6 Å². The smallest absolute Gasteiger partial charge is 0.119 e. The zero-order chi connectivity index (χ0) is 14.5. The van der Waals surface area contributed by atoms with E-state index in [1.165, 1.54) is 4.70 Å². The van der Waals surface area contributed by atoms with Gasteiger partial charge in [-0.25, -0.2) is 4.98 Å². The molecule has 21 heavy (non-hydrogen) atoms. The number of aromatic nitrogens is 1. The first-order chi connectivity index (χ1) is 10.3. The highest BCUT2D eigenvalue weighted by Gasteiger charge is 1.99. The Labute approximate surface area is 132 Å². The van der Waals surface area contributed by atoms with E-state index in [0.29, 0.717) is 12.5 Å². The minimum absolute atomic E-state index is 0.499. The lowest BCUT2D eigenvalue weighted by Crippen LogP contribution is -1.97. The van der Waals surface area contributed by atoms with Crippen molar-refractivity contribution in [2.45, 2.75) is 0 Å². The molecule has 4 heteroatoms. The lowest BCUT2D eigenvalue weighted by molar-refractivity contribution is 0.343. The number of ether oxygens (including phenoxy) is 1. The van der Waals surface area contributed by atoms with Crippen molar-refractivity contribution in [3.8, 4) is 5.75 Å². The topological polar surface area (TPSA) is 22.1 Å². The van der Waals surface area contributed by atoms with Crippen LogP contribution in [0.15, 0.2) is 48.5 Å². The van der Waals surface area contributed by atoms with Crippen molar-refractivity contribution in [3.05, 3.63) is 59.1 Å². The number of alkyl halides is 1. The first-order valence-electron chi connectivity index (χ1n) is 6.67. The Morgan fingerprint density at radius 2 is 1.86 bits per heavy atom. The Morgan fingerprint density at radius 1 is 1.05 bits per heavy atom. The first kappa shape index (κ1) is 14.1. The number of benzene rings is 2. The number of hydrogen-bond acceptors (Lipinski definition) is 3. The monoisotopic (exact) mass is 315 g/mol. The third kappa shape index (κ3) is 3.63. The van der Waals surface area contributed by atoms with Crippen LogP contribution in [0.2, 0.25) is 0 Å². The minimum atomic E-state index is 0.499. The quantitative estimate of drug-likeness (QED) is 0.612. The van der Waals surface area contributed by atoms with Crippen LogP contribution >= 0.6 is 22.9 Å². The molecule has 0 N–H and O–H groups in total. The molecule has 3 rings (SSSR count). The second kappa shape index (κ2) is 6.74. The molecule has 0 radical (unpaired) electrons. The molecule has 0 amide bonds. The SMILES string of the molecule is ClCCOc1ccc(/C=C/c2nc3ccccc3s2)cc1. The Hall–Kier alpha value is -1.84. The van der Waals surface area contributed by atoms with Crippen LogP contribution in [0.4, 0.5) is 0 Å². The summed E-state index contributed by atoms with van der Waals surface area (Å²) in [7, 11) is 0. The minimum Gasteiger partial charge on any atom is -0.492 e. The number of fused-ring (bicyclic) bond motifs is 1. The van der Waals surface area contributed by atoms with E-state index in [0.717, 1.165) is 21.8 Å². The van der Waals surface area contributed by atoms with Crippen LogP contribution in [-0.2, 0) is 0 Å². The number of hydrogen-bond donors (Lipinski definition) is 0. The second-order valence-electron chi connectivity index (χ2n) is 4.46. The normalized spacial score (nSPS) is 11.3. The van der Waals surface area contributed by atoms with Crippen LogP contribution in [0.3, 0.4) is 0 Å². The van der Waals surface area contributed by atoms with Gasteiger partial charge >= 0.3 is 0 Å². The van der Waals surface area contributed by atoms with Crippen LogP contribution in [0, 0.1) is 0 Å². The van der Waals surface area contributed by atoms with Gasteiger partial charge < -0.3 is 4.74 Å². The van der Waals surface area contributed by atoms with E-state index in [9.17, 15) is 0 Å². The maximum absolute atomic E-state index is 5.59. The van der Waals surface area contributed by atoms with Gasteiger partial charge in [-0.05, 0) is 35.9 Å².